The Morgan fingerprint density at radius 1 is 0.895 bits per heavy atom. The van der Waals surface area contributed by atoms with Crippen LogP contribution in [0.2, 0.25) is 0 Å². The molecule has 0 nitrogen and oxygen atoms in total. The van der Waals surface area contributed by atoms with E-state index in [1.54, 1.807) is 6.08 Å². The van der Waals surface area contributed by atoms with Crippen LogP contribution in [0.1, 0.15) is 12.5 Å². The minimum absolute atomic E-state index is 0.875. The van der Waals surface area contributed by atoms with Crippen molar-refractivity contribution in [1.82, 2.24) is 0 Å². The van der Waals surface area contributed by atoms with Crippen LogP contribution in [-0.2, 0) is 0 Å². The van der Waals surface area contributed by atoms with Gasteiger partial charge in [-0.15, -0.1) is 0 Å². The Morgan fingerprint density at radius 3 is 2.00 bits per heavy atom. The predicted molar refractivity (Wildman–Crippen MR) is 86.9 cm³/mol. The fourth-order valence-electron chi connectivity index (χ4n) is 1.60. The van der Waals surface area contributed by atoms with Crippen LogP contribution in [0.3, 0.4) is 0 Å². The third-order valence-corrected chi connectivity index (χ3v) is 2.79. The van der Waals surface area contributed by atoms with E-state index in [2.05, 4.69) is 26.3 Å². The van der Waals surface area contributed by atoms with Gasteiger partial charge in [0.25, 0.3) is 0 Å². The highest BCUT2D eigenvalue weighted by Crippen LogP contribution is 2.20. The first-order valence-electron chi connectivity index (χ1n) is 6.17. The fourth-order valence-corrected chi connectivity index (χ4v) is 1.60. The van der Waals surface area contributed by atoms with Crippen molar-refractivity contribution in [3.8, 4) is 0 Å². The summed E-state index contributed by atoms with van der Waals surface area (Å²) in [6.45, 7) is 17.6. The molecule has 0 saturated heterocycles. The molecule has 0 aliphatic carbocycles. The van der Waals surface area contributed by atoms with Gasteiger partial charge in [-0.05, 0) is 35.3 Å². The molecular weight excluding hydrogens is 228 g/mol. The second-order valence-corrected chi connectivity index (χ2v) is 4.31. The number of hydrogen-bond donors (Lipinski definition) is 0. The van der Waals surface area contributed by atoms with Crippen LogP contribution in [-0.4, -0.2) is 0 Å². The molecule has 0 N–H and O–H groups in total. The van der Waals surface area contributed by atoms with Crippen LogP contribution < -0.4 is 0 Å². The van der Waals surface area contributed by atoms with E-state index in [1.165, 1.54) is 0 Å². The zero-order valence-corrected chi connectivity index (χ0v) is 11.5. The lowest BCUT2D eigenvalue weighted by Gasteiger charge is -2.05. The molecule has 96 valence electrons. The Labute approximate surface area is 116 Å². The quantitative estimate of drug-likeness (QED) is 0.583. The lowest BCUT2D eigenvalue weighted by molar-refractivity contribution is 1.48. The summed E-state index contributed by atoms with van der Waals surface area (Å²) in [7, 11) is 0. The molecule has 0 fully saturated rings. The lowest BCUT2D eigenvalue weighted by Crippen LogP contribution is -1.85. The maximum absolute atomic E-state index is 4.05. The second-order valence-electron chi connectivity index (χ2n) is 4.31. The third kappa shape index (κ3) is 4.44. The Balaban J connectivity index is 3.00. The summed E-state index contributed by atoms with van der Waals surface area (Å²) in [6.07, 6.45) is 7.60. The van der Waals surface area contributed by atoms with E-state index < -0.39 is 0 Å². The number of hydrogen-bond acceptors (Lipinski definition) is 0. The van der Waals surface area contributed by atoms with E-state index in [0.717, 1.165) is 27.9 Å². The number of allylic oxidation sites excluding steroid dienone is 8. The van der Waals surface area contributed by atoms with Crippen molar-refractivity contribution in [2.75, 3.05) is 0 Å². The highest BCUT2D eigenvalue weighted by Gasteiger charge is 1.99. The normalized spacial score (nSPS) is 11.8. The van der Waals surface area contributed by atoms with Gasteiger partial charge in [-0.2, -0.15) is 0 Å². The van der Waals surface area contributed by atoms with Crippen LogP contribution in [0.4, 0.5) is 0 Å². The monoisotopic (exact) mass is 248 g/mol. The fraction of sp³-hybridized carbons (Fsp3) is 0.0526. The minimum atomic E-state index is 0.875. The molecule has 0 aliphatic heterocycles. The molecular formula is C19H20. The first-order chi connectivity index (χ1) is 9.08. The maximum atomic E-state index is 4.05. The summed E-state index contributed by atoms with van der Waals surface area (Å²) < 4.78 is 0. The minimum Gasteiger partial charge on any atom is -0.0988 e. The van der Waals surface area contributed by atoms with Crippen LogP contribution in [0.25, 0.3) is 5.57 Å². The molecule has 0 bridgehead atoms. The summed E-state index contributed by atoms with van der Waals surface area (Å²) in [5.74, 6) is 0. The first kappa shape index (κ1) is 14.7. The van der Waals surface area contributed by atoms with E-state index in [4.69, 9.17) is 0 Å². The zero-order valence-electron chi connectivity index (χ0n) is 11.5. The van der Waals surface area contributed by atoms with Crippen molar-refractivity contribution >= 4 is 5.57 Å². The SMILES string of the molecule is C=C/C(C)=C\C(=C)C(=C)/C=C(\C=C)c1ccccc1. The molecule has 0 radical (unpaired) electrons. The van der Waals surface area contributed by atoms with Crippen LogP contribution >= 0.6 is 0 Å². The molecule has 0 heteroatoms. The Kier molecular flexibility index (Phi) is 5.56. The van der Waals surface area contributed by atoms with Gasteiger partial charge in [-0.25, -0.2) is 0 Å². The molecule has 0 unspecified atom stereocenters. The largest absolute Gasteiger partial charge is 0.0988 e. The summed E-state index contributed by atoms with van der Waals surface area (Å²) >= 11 is 0. The third-order valence-electron chi connectivity index (χ3n) is 2.79. The van der Waals surface area contributed by atoms with E-state index in [-0.39, 0.29) is 0 Å². The topological polar surface area (TPSA) is 0 Å². The van der Waals surface area contributed by atoms with Crippen molar-refractivity contribution in [3.63, 3.8) is 0 Å². The van der Waals surface area contributed by atoms with Gasteiger partial charge in [0.05, 0.1) is 0 Å². The lowest BCUT2D eigenvalue weighted by atomic mass is 9.99. The molecule has 1 aromatic carbocycles. The highest BCUT2D eigenvalue weighted by atomic mass is 14.0. The van der Waals surface area contributed by atoms with Gasteiger partial charge in [0.1, 0.15) is 0 Å². The maximum Gasteiger partial charge on any atom is -0.0184 e. The van der Waals surface area contributed by atoms with Gasteiger partial charge in [0.15, 0.2) is 0 Å². The van der Waals surface area contributed by atoms with E-state index in [1.807, 2.05) is 55.5 Å². The Bertz CT molecular complexity index is 551. The van der Waals surface area contributed by atoms with Gasteiger partial charge >= 0.3 is 0 Å². The van der Waals surface area contributed by atoms with Crippen molar-refractivity contribution in [3.05, 3.63) is 103 Å². The van der Waals surface area contributed by atoms with E-state index in [9.17, 15) is 0 Å². The average Bonchev–Trinajstić information content (AvgIpc) is 2.45. The molecule has 1 aromatic rings. The highest BCUT2D eigenvalue weighted by molar-refractivity contribution is 5.76. The molecule has 19 heavy (non-hydrogen) atoms. The van der Waals surface area contributed by atoms with Gasteiger partial charge in [-0.1, -0.05) is 80.4 Å². The summed E-state index contributed by atoms with van der Waals surface area (Å²) in [5.41, 5.74) is 4.99. The molecule has 1 rings (SSSR count). The van der Waals surface area contributed by atoms with E-state index >= 15 is 0 Å². The van der Waals surface area contributed by atoms with E-state index in [0.29, 0.717) is 0 Å². The summed E-state index contributed by atoms with van der Waals surface area (Å²) in [5, 5.41) is 0. The summed E-state index contributed by atoms with van der Waals surface area (Å²) in [4.78, 5) is 0. The smallest absolute Gasteiger partial charge is 0.0184 e. The van der Waals surface area contributed by atoms with Gasteiger partial charge < -0.3 is 0 Å². The zero-order chi connectivity index (χ0) is 14.3. The second kappa shape index (κ2) is 7.17. The molecule has 0 aromatic heterocycles. The molecule has 0 amide bonds. The van der Waals surface area contributed by atoms with Crippen molar-refractivity contribution in [2.45, 2.75) is 6.92 Å². The molecule has 0 heterocycles. The number of rotatable bonds is 6. The molecule has 0 aliphatic rings. The van der Waals surface area contributed by atoms with Crippen LogP contribution in [0.15, 0.2) is 97.7 Å². The van der Waals surface area contributed by atoms with Gasteiger partial charge in [0, 0.05) is 0 Å². The Hall–Kier alpha value is -2.34. The van der Waals surface area contributed by atoms with Crippen molar-refractivity contribution in [1.29, 1.82) is 0 Å². The Morgan fingerprint density at radius 2 is 1.47 bits per heavy atom. The average molecular weight is 248 g/mol. The summed E-state index contributed by atoms with van der Waals surface area (Å²) in [6, 6.07) is 10.1. The van der Waals surface area contributed by atoms with Crippen LogP contribution in [0, 0.1) is 0 Å². The van der Waals surface area contributed by atoms with Gasteiger partial charge in [-0.3, -0.25) is 0 Å². The molecule has 0 saturated carbocycles. The predicted octanol–water partition coefficient (Wildman–Crippen LogP) is 5.50. The number of benzene rings is 1. The van der Waals surface area contributed by atoms with Crippen LogP contribution in [0.5, 0.6) is 0 Å². The van der Waals surface area contributed by atoms with Gasteiger partial charge in [0.2, 0.25) is 0 Å². The first-order valence-corrected chi connectivity index (χ1v) is 6.17. The van der Waals surface area contributed by atoms with Crippen molar-refractivity contribution in [2.24, 2.45) is 0 Å². The standard InChI is InChI=1S/C19H20/c1-6-15(3)13-16(4)17(5)14-18(7-2)19-11-9-8-10-12-19/h6-14H,1-2,4-5H2,3H3/b15-13-,18-14+. The molecule has 0 spiro atoms. The van der Waals surface area contributed by atoms with Crippen molar-refractivity contribution < 1.29 is 0 Å². The molecule has 0 atom stereocenters.